The quantitative estimate of drug-likeness (QED) is 0.372. The van der Waals surface area contributed by atoms with E-state index in [2.05, 4.69) is 25.7 Å². The predicted molar refractivity (Wildman–Crippen MR) is 83.9 cm³/mol. The third-order valence-electron chi connectivity index (χ3n) is 3.63. The molecule has 0 aromatic rings. The van der Waals surface area contributed by atoms with Gasteiger partial charge < -0.3 is 4.90 Å². The van der Waals surface area contributed by atoms with Gasteiger partial charge in [-0.3, -0.25) is 0 Å². The summed E-state index contributed by atoms with van der Waals surface area (Å²) in [5.74, 6) is 0. The zero-order chi connectivity index (χ0) is 13.5. The molecule has 0 aromatic carbocycles. The van der Waals surface area contributed by atoms with Crippen LogP contribution in [0.5, 0.6) is 0 Å². The van der Waals surface area contributed by atoms with Crippen LogP contribution in [-0.2, 0) is 0 Å². The van der Waals surface area contributed by atoms with E-state index in [0.29, 0.717) is 0 Å². The van der Waals surface area contributed by atoms with Crippen LogP contribution in [0, 0.1) is 6.92 Å². The highest BCUT2D eigenvalue weighted by molar-refractivity contribution is 4.60. The molecular weight excluding hydrogens is 218 g/mol. The summed E-state index contributed by atoms with van der Waals surface area (Å²) >= 11 is 0. The molecule has 1 heteroatoms. The van der Waals surface area contributed by atoms with Crippen LogP contribution < -0.4 is 0 Å². The van der Waals surface area contributed by atoms with E-state index in [1.54, 1.807) is 0 Å². The number of hydrogen-bond donors (Lipinski definition) is 0. The van der Waals surface area contributed by atoms with Gasteiger partial charge in [-0.2, -0.15) is 0 Å². The van der Waals surface area contributed by atoms with Gasteiger partial charge in [0.25, 0.3) is 0 Å². The maximum absolute atomic E-state index is 3.94. The van der Waals surface area contributed by atoms with Gasteiger partial charge in [0.2, 0.25) is 0 Å². The van der Waals surface area contributed by atoms with E-state index in [9.17, 15) is 0 Å². The van der Waals surface area contributed by atoms with E-state index in [4.69, 9.17) is 0 Å². The van der Waals surface area contributed by atoms with Crippen molar-refractivity contribution in [2.45, 2.75) is 84.5 Å². The van der Waals surface area contributed by atoms with Crippen molar-refractivity contribution < 1.29 is 0 Å². The number of unbranched alkanes of at least 4 members (excludes halogenated alkanes) is 8. The van der Waals surface area contributed by atoms with Crippen LogP contribution in [0.4, 0.5) is 0 Å². The molecule has 0 rings (SSSR count). The molecule has 0 bridgehead atoms. The number of nitrogens with zero attached hydrogens (tertiary/aromatic N) is 1. The second-order valence-electron chi connectivity index (χ2n) is 5.52. The molecule has 0 aromatic heterocycles. The highest BCUT2D eigenvalue weighted by Crippen LogP contribution is 2.07. The first-order valence-corrected chi connectivity index (χ1v) is 8.36. The van der Waals surface area contributed by atoms with E-state index in [0.717, 1.165) is 6.42 Å². The Kier molecular flexibility index (Phi) is 15.0. The third-order valence-corrected chi connectivity index (χ3v) is 3.63. The normalized spacial score (nSPS) is 11.3. The van der Waals surface area contributed by atoms with E-state index >= 15 is 0 Å². The lowest BCUT2D eigenvalue weighted by atomic mass is 10.1. The molecule has 0 saturated carbocycles. The summed E-state index contributed by atoms with van der Waals surface area (Å²) in [7, 11) is 0. The Morgan fingerprint density at radius 2 is 1.06 bits per heavy atom. The maximum atomic E-state index is 3.94. The first-order valence-electron chi connectivity index (χ1n) is 8.36. The monoisotopic (exact) mass is 254 g/mol. The summed E-state index contributed by atoms with van der Waals surface area (Å²) in [6.07, 6.45) is 14.8. The van der Waals surface area contributed by atoms with Crippen LogP contribution in [0.1, 0.15) is 84.5 Å². The van der Waals surface area contributed by atoms with Crippen LogP contribution in [0.3, 0.4) is 0 Å². The first kappa shape index (κ1) is 18.0. The van der Waals surface area contributed by atoms with Crippen molar-refractivity contribution in [1.82, 2.24) is 4.90 Å². The topological polar surface area (TPSA) is 3.24 Å². The van der Waals surface area contributed by atoms with Gasteiger partial charge in [0.1, 0.15) is 0 Å². The highest BCUT2D eigenvalue weighted by Gasteiger charge is 2.03. The summed E-state index contributed by atoms with van der Waals surface area (Å²) in [4.78, 5) is 2.70. The zero-order valence-corrected chi connectivity index (χ0v) is 13.1. The average Bonchev–Trinajstić information content (AvgIpc) is 2.39. The Balaban J connectivity index is 3.62. The Hall–Kier alpha value is -0.0400. The maximum Gasteiger partial charge on any atom is -0.00187 e. The minimum Gasteiger partial charge on any atom is -0.303 e. The molecule has 0 aliphatic carbocycles. The minimum atomic E-state index is 1.10. The number of rotatable bonds is 14. The SMILES string of the molecule is [CH2]CCCCN(CCCCCC)CCCCCC. The van der Waals surface area contributed by atoms with Gasteiger partial charge in [0.15, 0.2) is 0 Å². The first-order chi connectivity index (χ1) is 8.85. The predicted octanol–water partition coefficient (Wildman–Crippen LogP) is 5.45. The Morgan fingerprint density at radius 3 is 1.44 bits per heavy atom. The second-order valence-corrected chi connectivity index (χ2v) is 5.52. The lowest BCUT2D eigenvalue weighted by Gasteiger charge is -2.22. The second kappa shape index (κ2) is 15.0. The highest BCUT2D eigenvalue weighted by atomic mass is 15.1. The standard InChI is InChI=1S/C17H36N/c1-4-7-10-13-16-18(15-12-9-6-3)17-14-11-8-5-2/h3-17H2,1-2H3. The molecule has 0 saturated heterocycles. The van der Waals surface area contributed by atoms with Crippen molar-refractivity contribution in [3.05, 3.63) is 6.92 Å². The van der Waals surface area contributed by atoms with Crippen LogP contribution in [0.2, 0.25) is 0 Å². The summed E-state index contributed by atoms with van der Waals surface area (Å²) in [5.41, 5.74) is 0. The fraction of sp³-hybridized carbons (Fsp3) is 0.941. The number of hydrogen-bond acceptors (Lipinski definition) is 1. The van der Waals surface area contributed by atoms with Crippen molar-refractivity contribution in [2.24, 2.45) is 0 Å². The summed E-state index contributed by atoms with van der Waals surface area (Å²) < 4.78 is 0. The fourth-order valence-corrected chi connectivity index (χ4v) is 2.37. The van der Waals surface area contributed by atoms with Crippen molar-refractivity contribution in [3.63, 3.8) is 0 Å². The van der Waals surface area contributed by atoms with E-state index in [1.165, 1.54) is 83.8 Å². The molecule has 0 fully saturated rings. The van der Waals surface area contributed by atoms with Gasteiger partial charge in [-0.1, -0.05) is 72.1 Å². The van der Waals surface area contributed by atoms with E-state index in [-0.39, 0.29) is 0 Å². The summed E-state index contributed by atoms with van der Waals surface area (Å²) in [6.45, 7) is 12.5. The molecule has 0 spiro atoms. The zero-order valence-electron chi connectivity index (χ0n) is 13.1. The van der Waals surface area contributed by atoms with Crippen LogP contribution in [0.15, 0.2) is 0 Å². The fourth-order valence-electron chi connectivity index (χ4n) is 2.37. The van der Waals surface area contributed by atoms with E-state index in [1.807, 2.05) is 0 Å². The molecule has 0 aliphatic rings. The molecule has 0 amide bonds. The Bertz CT molecular complexity index is 133. The van der Waals surface area contributed by atoms with Gasteiger partial charge >= 0.3 is 0 Å². The third kappa shape index (κ3) is 12.4. The molecule has 1 radical (unpaired) electrons. The van der Waals surface area contributed by atoms with Gasteiger partial charge in [-0.25, -0.2) is 0 Å². The lowest BCUT2D eigenvalue weighted by Crippen LogP contribution is -2.27. The van der Waals surface area contributed by atoms with E-state index < -0.39 is 0 Å². The Morgan fingerprint density at radius 1 is 0.611 bits per heavy atom. The van der Waals surface area contributed by atoms with Crippen molar-refractivity contribution >= 4 is 0 Å². The molecule has 0 atom stereocenters. The van der Waals surface area contributed by atoms with Gasteiger partial charge in [0.05, 0.1) is 0 Å². The minimum absolute atomic E-state index is 1.10. The van der Waals surface area contributed by atoms with Gasteiger partial charge in [0, 0.05) is 0 Å². The molecule has 0 unspecified atom stereocenters. The smallest absolute Gasteiger partial charge is 0.00187 e. The molecule has 109 valence electrons. The average molecular weight is 254 g/mol. The molecule has 0 N–H and O–H groups in total. The molecule has 1 nitrogen and oxygen atoms in total. The summed E-state index contributed by atoms with van der Waals surface area (Å²) in [6, 6.07) is 0. The van der Waals surface area contributed by atoms with Crippen LogP contribution in [0.25, 0.3) is 0 Å². The molecule has 0 heterocycles. The summed E-state index contributed by atoms with van der Waals surface area (Å²) in [5, 5.41) is 0. The largest absolute Gasteiger partial charge is 0.303 e. The molecule has 18 heavy (non-hydrogen) atoms. The van der Waals surface area contributed by atoms with Crippen LogP contribution >= 0.6 is 0 Å². The van der Waals surface area contributed by atoms with Crippen LogP contribution in [-0.4, -0.2) is 24.5 Å². The van der Waals surface area contributed by atoms with Crippen molar-refractivity contribution in [3.8, 4) is 0 Å². The lowest BCUT2D eigenvalue weighted by molar-refractivity contribution is 0.256. The molecular formula is C17H36N. The van der Waals surface area contributed by atoms with Gasteiger partial charge in [-0.15, -0.1) is 0 Å². The Labute approximate surface area is 116 Å². The van der Waals surface area contributed by atoms with Crippen molar-refractivity contribution in [1.29, 1.82) is 0 Å². The molecule has 0 aliphatic heterocycles. The van der Waals surface area contributed by atoms with Crippen molar-refractivity contribution in [2.75, 3.05) is 19.6 Å². The van der Waals surface area contributed by atoms with Gasteiger partial charge in [-0.05, 0) is 38.9 Å².